The first-order valence-corrected chi connectivity index (χ1v) is 8.42. The van der Waals surface area contributed by atoms with E-state index in [1.54, 1.807) is 28.6 Å². The first kappa shape index (κ1) is 17.4. The van der Waals surface area contributed by atoms with Gasteiger partial charge in [0, 0.05) is 30.4 Å². The molecule has 0 aliphatic carbocycles. The zero-order valence-corrected chi connectivity index (χ0v) is 14.9. The number of nitrogens with one attached hydrogen (secondary N) is 1. The zero-order valence-electron chi connectivity index (χ0n) is 14.2. The van der Waals surface area contributed by atoms with E-state index < -0.39 is 0 Å². The quantitative estimate of drug-likeness (QED) is 0.909. The monoisotopic (exact) mass is 361 g/mol. The lowest BCUT2D eigenvalue weighted by Crippen LogP contribution is -2.58. The number of nitrogens with zero attached hydrogens (tertiary/aromatic N) is 2. The summed E-state index contributed by atoms with van der Waals surface area (Å²) in [5, 5.41) is 3.54. The predicted molar refractivity (Wildman–Crippen MR) is 96.1 cm³/mol. The molecule has 3 rings (SSSR count). The van der Waals surface area contributed by atoms with Crippen LogP contribution in [0.5, 0.6) is 5.75 Å². The standard InChI is InChI=1S/C18H20ClN3O3/c1-12-7-15(8-17(23)21(12)2)25-16-10-22(11-16)18(24)20-9-13-3-5-14(19)6-4-13/h3-8,16H,9-11H2,1-2H3,(H,20,24). The number of aryl methyl sites for hydroxylation is 1. The number of ether oxygens (including phenoxy) is 1. The lowest BCUT2D eigenvalue weighted by molar-refractivity contribution is 0.0441. The highest BCUT2D eigenvalue weighted by atomic mass is 35.5. The first-order valence-electron chi connectivity index (χ1n) is 8.04. The van der Waals surface area contributed by atoms with E-state index in [9.17, 15) is 9.59 Å². The molecule has 1 aromatic heterocycles. The summed E-state index contributed by atoms with van der Waals surface area (Å²) in [7, 11) is 1.72. The van der Waals surface area contributed by atoms with E-state index in [0.717, 1.165) is 11.3 Å². The SMILES string of the molecule is Cc1cc(OC2CN(C(=O)NCc3ccc(Cl)cc3)C2)cc(=O)n1C. The van der Waals surface area contributed by atoms with Crippen molar-refractivity contribution in [3.8, 4) is 5.75 Å². The lowest BCUT2D eigenvalue weighted by atomic mass is 10.2. The second-order valence-electron chi connectivity index (χ2n) is 6.16. The van der Waals surface area contributed by atoms with E-state index in [-0.39, 0.29) is 17.7 Å². The summed E-state index contributed by atoms with van der Waals surface area (Å²) in [5.41, 5.74) is 1.72. The highest BCUT2D eigenvalue weighted by Gasteiger charge is 2.32. The number of likely N-dealkylation sites (tertiary alicyclic amines) is 1. The molecular weight excluding hydrogens is 342 g/mol. The van der Waals surface area contributed by atoms with Gasteiger partial charge in [-0.3, -0.25) is 4.79 Å². The van der Waals surface area contributed by atoms with Gasteiger partial charge in [0.25, 0.3) is 5.56 Å². The molecule has 1 aliphatic rings. The van der Waals surface area contributed by atoms with E-state index in [2.05, 4.69) is 5.32 Å². The molecule has 1 fully saturated rings. The van der Waals surface area contributed by atoms with Crippen molar-refractivity contribution in [3.05, 3.63) is 63.0 Å². The number of halogens is 1. The topological polar surface area (TPSA) is 63.6 Å². The minimum atomic E-state index is -0.130. The molecule has 132 valence electrons. The number of amides is 2. The molecule has 7 heteroatoms. The van der Waals surface area contributed by atoms with Crippen LogP contribution in [0.4, 0.5) is 4.79 Å². The van der Waals surface area contributed by atoms with E-state index in [1.165, 1.54) is 6.07 Å². The fourth-order valence-corrected chi connectivity index (χ4v) is 2.69. The van der Waals surface area contributed by atoms with Crippen molar-refractivity contribution >= 4 is 17.6 Å². The van der Waals surface area contributed by atoms with Gasteiger partial charge in [-0.05, 0) is 30.7 Å². The van der Waals surface area contributed by atoms with Crippen LogP contribution < -0.4 is 15.6 Å². The van der Waals surface area contributed by atoms with Crippen LogP contribution in [0.3, 0.4) is 0 Å². The van der Waals surface area contributed by atoms with E-state index in [0.29, 0.717) is 30.4 Å². The van der Waals surface area contributed by atoms with Gasteiger partial charge in [-0.2, -0.15) is 0 Å². The molecule has 0 atom stereocenters. The second-order valence-corrected chi connectivity index (χ2v) is 6.60. The molecule has 0 unspecified atom stereocenters. The summed E-state index contributed by atoms with van der Waals surface area (Å²) in [5.74, 6) is 0.548. The average Bonchev–Trinajstić information content (AvgIpc) is 2.54. The number of pyridine rings is 1. The Balaban J connectivity index is 1.46. The molecule has 0 saturated carbocycles. The Morgan fingerprint density at radius 2 is 1.96 bits per heavy atom. The predicted octanol–water partition coefficient (Wildman–Crippen LogP) is 2.32. The lowest BCUT2D eigenvalue weighted by Gasteiger charge is -2.38. The van der Waals surface area contributed by atoms with Gasteiger partial charge in [0.1, 0.15) is 11.9 Å². The van der Waals surface area contributed by atoms with Crippen LogP contribution >= 0.6 is 11.6 Å². The van der Waals surface area contributed by atoms with Crippen LogP contribution in [0.1, 0.15) is 11.3 Å². The number of aromatic nitrogens is 1. The van der Waals surface area contributed by atoms with E-state index in [1.807, 2.05) is 25.1 Å². The third-order valence-electron chi connectivity index (χ3n) is 4.27. The maximum absolute atomic E-state index is 12.1. The molecule has 1 N–H and O–H groups in total. The third-order valence-corrected chi connectivity index (χ3v) is 4.52. The number of urea groups is 1. The van der Waals surface area contributed by atoms with Gasteiger partial charge in [-0.15, -0.1) is 0 Å². The second kappa shape index (κ2) is 7.19. The Morgan fingerprint density at radius 3 is 2.60 bits per heavy atom. The van der Waals surface area contributed by atoms with Crippen molar-refractivity contribution < 1.29 is 9.53 Å². The zero-order chi connectivity index (χ0) is 18.0. The molecule has 1 saturated heterocycles. The van der Waals surface area contributed by atoms with Crippen LogP contribution in [0, 0.1) is 6.92 Å². The van der Waals surface area contributed by atoms with Gasteiger partial charge in [0.05, 0.1) is 13.1 Å². The van der Waals surface area contributed by atoms with Crippen LogP contribution in [0.2, 0.25) is 5.02 Å². The number of rotatable bonds is 4. The Bertz CT molecular complexity index is 826. The average molecular weight is 362 g/mol. The Morgan fingerprint density at radius 1 is 1.28 bits per heavy atom. The fourth-order valence-electron chi connectivity index (χ4n) is 2.57. The smallest absolute Gasteiger partial charge is 0.317 e. The molecule has 1 aromatic carbocycles. The van der Waals surface area contributed by atoms with Gasteiger partial charge in [-0.1, -0.05) is 23.7 Å². The van der Waals surface area contributed by atoms with E-state index in [4.69, 9.17) is 16.3 Å². The number of hydrogen-bond donors (Lipinski definition) is 1. The molecule has 0 radical (unpaired) electrons. The minimum Gasteiger partial charge on any atom is -0.486 e. The Kier molecular flexibility index (Phi) is 4.99. The van der Waals surface area contributed by atoms with E-state index >= 15 is 0 Å². The Labute approximate surface area is 151 Å². The highest BCUT2D eigenvalue weighted by molar-refractivity contribution is 6.30. The molecule has 0 bridgehead atoms. The number of benzene rings is 1. The fraction of sp³-hybridized carbons (Fsp3) is 0.333. The van der Waals surface area contributed by atoms with Crippen molar-refractivity contribution in [2.75, 3.05) is 13.1 Å². The summed E-state index contributed by atoms with van der Waals surface area (Å²) < 4.78 is 7.33. The molecule has 2 heterocycles. The summed E-state index contributed by atoms with van der Waals surface area (Å²) in [6.45, 7) is 3.30. The molecule has 25 heavy (non-hydrogen) atoms. The van der Waals surface area contributed by atoms with Crippen LogP contribution in [-0.2, 0) is 13.6 Å². The molecule has 2 aromatic rings. The maximum atomic E-state index is 12.1. The number of carbonyl (C=O) groups excluding carboxylic acids is 1. The van der Waals surface area contributed by atoms with Crippen molar-refractivity contribution in [1.82, 2.24) is 14.8 Å². The van der Waals surface area contributed by atoms with Gasteiger partial charge in [0.2, 0.25) is 0 Å². The van der Waals surface area contributed by atoms with Crippen LogP contribution in [0.25, 0.3) is 0 Å². The van der Waals surface area contributed by atoms with Crippen molar-refractivity contribution in [2.24, 2.45) is 7.05 Å². The normalized spacial score (nSPS) is 14.1. The van der Waals surface area contributed by atoms with Gasteiger partial charge in [0.15, 0.2) is 0 Å². The van der Waals surface area contributed by atoms with Crippen LogP contribution in [-0.4, -0.2) is 34.7 Å². The highest BCUT2D eigenvalue weighted by Crippen LogP contribution is 2.18. The van der Waals surface area contributed by atoms with Crippen molar-refractivity contribution in [2.45, 2.75) is 19.6 Å². The largest absolute Gasteiger partial charge is 0.486 e. The summed E-state index contributed by atoms with van der Waals surface area (Å²) in [4.78, 5) is 25.5. The molecule has 6 nitrogen and oxygen atoms in total. The summed E-state index contributed by atoms with van der Waals surface area (Å²) >= 11 is 5.84. The van der Waals surface area contributed by atoms with Gasteiger partial charge in [-0.25, -0.2) is 4.79 Å². The van der Waals surface area contributed by atoms with Gasteiger partial charge >= 0.3 is 6.03 Å². The molecular formula is C18H20ClN3O3. The van der Waals surface area contributed by atoms with Crippen LogP contribution in [0.15, 0.2) is 41.2 Å². The maximum Gasteiger partial charge on any atom is 0.317 e. The van der Waals surface area contributed by atoms with Crippen molar-refractivity contribution in [1.29, 1.82) is 0 Å². The number of hydrogen-bond acceptors (Lipinski definition) is 3. The van der Waals surface area contributed by atoms with Crippen molar-refractivity contribution in [3.63, 3.8) is 0 Å². The first-order chi connectivity index (χ1) is 11.9. The molecule has 0 spiro atoms. The third kappa shape index (κ3) is 4.14. The molecule has 2 amide bonds. The Hall–Kier alpha value is -2.47. The number of carbonyl (C=O) groups is 1. The van der Waals surface area contributed by atoms with Gasteiger partial charge < -0.3 is 19.5 Å². The summed E-state index contributed by atoms with van der Waals surface area (Å²) in [6.07, 6.45) is -0.0900. The summed E-state index contributed by atoms with van der Waals surface area (Å²) in [6, 6.07) is 10.5. The molecule has 1 aliphatic heterocycles. The minimum absolute atomic E-state index is 0.0900.